The number of hydrogen-bond donors (Lipinski definition) is 0. The molecule has 6 heteroatoms. The van der Waals surface area contributed by atoms with Crippen molar-refractivity contribution in [2.75, 3.05) is 19.7 Å². The van der Waals surface area contributed by atoms with Crippen LogP contribution in [0.4, 0.5) is 13.2 Å². The molecule has 2 saturated heterocycles. The summed E-state index contributed by atoms with van der Waals surface area (Å²) < 4.78 is 43.0. The van der Waals surface area contributed by atoms with E-state index in [1.807, 2.05) is 0 Å². The van der Waals surface area contributed by atoms with Crippen molar-refractivity contribution < 1.29 is 22.7 Å². The minimum atomic E-state index is -4.20. The molecule has 0 aromatic rings. The summed E-state index contributed by atoms with van der Waals surface area (Å²) >= 11 is 0. The molecular weight excluding hydrogens is 235 g/mol. The molecule has 98 valence electrons. The molecule has 0 radical (unpaired) electrons. The highest BCUT2D eigenvalue weighted by atomic mass is 19.4. The number of amides is 1. The summed E-state index contributed by atoms with van der Waals surface area (Å²) in [5.74, 6) is -1.64. The maximum atomic E-state index is 12.6. The fraction of sp³-hybridized carbons (Fsp3) is 0.909. The Bertz CT molecular complexity index is 287. The van der Waals surface area contributed by atoms with Gasteiger partial charge < -0.3 is 9.64 Å². The van der Waals surface area contributed by atoms with Gasteiger partial charge in [0.05, 0.1) is 5.92 Å². The molecule has 0 aromatic carbocycles. The molecule has 2 aliphatic rings. The fourth-order valence-electron chi connectivity index (χ4n) is 2.42. The van der Waals surface area contributed by atoms with Crippen molar-refractivity contribution in [2.45, 2.75) is 38.0 Å². The molecule has 0 N–H and O–H groups in total. The molecule has 2 rings (SSSR count). The van der Waals surface area contributed by atoms with Crippen LogP contribution < -0.4 is 0 Å². The van der Waals surface area contributed by atoms with Crippen molar-refractivity contribution in [1.29, 1.82) is 0 Å². The zero-order valence-electron chi connectivity index (χ0n) is 9.50. The number of likely N-dealkylation sites (tertiary alicyclic amines) is 1. The van der Waals surface area contributed by atoms with Crippen LogP contribution in [0, 0.1) is 5.92 Å². The SMILES string of the molecule is O=C([C@@H]1CCCO1)N1CCC[C@H](C(F)(F)F)C1. The summed E-state index contributed by atoms with van der Waals surface area (Å²) in [5, 5.41) is 0. The lowest BCUT2D eigenvalue weighted by Gasteiger charge is -2.34. The summed E-state index contributed by atoms with van der Waals surface area (Å²) in [7, 11) is 0. The average molecular weight is 251 g/mol. The molecule has 1 amide bonds. The first-order valence-corrected chi connectivity index (χ1v) is 5.95. The zero-order chi connectivity index (χ0) is 12.5. The van der Waals surface area contributed by atoms with Gasteiger partial charge in [0.1, 0.15) is 6.10 Å². The molecule has 17 heavy (non-hydrogen) atoms. The number of ether oxygens (including phenoxy) is 1. The second kappa shape index (κ2) is 4.84. The van der Waals surface area contributed by atoms with Gasteiger partial charge in [0.25, 0.3) is 5.91 Å². The van der Waals surface area contributed by atoms with E-state index in [1.54, 1.807) is 0 Å². The van der Waals surface area contributed by atoms with E-state index in [4.69, 9.17) is 4.74 Å². The molecule has 0 spiro atoms. The van der Waals surface area contributed by atoms with Crippen LogP contribution in [0.15, 0.2) is 0 Å². The minimum absolute atomic E-state index is 0.124. The van der Waals surface area contributed by atoms with Crippen molar-refractivity contribution in [3.05, 3.63) is 0 Å². The quantitative estimate of drug-likeness (QED) is 0.713. The van der Waals surface area contributed by atoms with Crippen LogP contribution in [0.2, 0.25) is 0 Å². The maximum Gasteiger partial charge on any atom is 0.393 e. The van der Waals surface area contributed by atoms with Crippen LogP contribution in [0.1, 0.15) is 25.7 Å². The monoisotopic (exact) mass is 251 g/mol. The van der Waals surface area contributed by atoms with Crippen LogP contribution in [0.3, 0.4) is 0 Å². The Morgan fingerprint density at radius 1 is 1.24 bits per heavy atom. The molecule has 0 bridgehead atoms. The lowest BCUT2D eigenvalue weighted by Crippen LogP contribution is -2.48. The summed E-state index contributed by atoms with van der Waals surface area (Å²) in [6, 6.07) is 0. The number of halogens is 3. The smallest absolute Gasteiger partial charge is 0.368 e. The first-order valence-electron chi connectivity index (χ1n) is 5.95. The van der Waals surface area contributed by atoms with Crippen molar-refractivity contribution in [1.82, 2.24) is 4.90 Å². The molecule has 0 saturated carbocycles. The van der Waals surface area contributed by atoms with Crippen molar-refractivity contribution in [3.8, 4) is 0 Å². The Labute approximate surface area is 97.9 Å². The van der Waals surface area contributed by atoms with Gasteiger partial charge in [-0.3, -0.25) is 4.79 Å². The first kappa shape index (κ1) is 12.7. The largest absolute Gasteiger partial charge is 0.393 e. The standard InChI is InChI=1S/C11H16F3NO2/c12-11(13,14)8-3-1-5-15(7-8)10(16)9-4-2-6-17-9/h8-9H,1-7H2/t8-,9-/m0/s1. The molecule has 2 atom stereocenters. The van der Waals surface area contributed by atoms with E-state index in [0.717, 1.165) is 6.42 Å². The maximum absolute atomic E-state index is 12.6. The van der Waals surface area contributed by atoms with E-state index >= 15 is 0 Å². The van der Waals surface area contributed by atoms with Crippen LogP contribution in [-0.2, 0) is 9.53 Å². The van der Waals surface area contributed by atoms with E-state index in [1.165, 1.54) is 4.90 Å². The number of hydrogen-bond acceptors (Lipinski definition) is 2. The second-order valence-electron chi connectivity index (χ2n) is 4.67. The highest BCUT2D eigenvalue weighted by Crippen LogP contribution is 2.33. The number of nitrogens with zero attached hydrogens (tertiary/aromatic N) is 1. The summed E-state index contributed by atoms with van der Waals surface area (Å²) in [4.78, 5) is 13.2. The summed E-state index contributed by atoms with van der Waals surface area (Å²) in [6.07, 6.45) is -2.72. The Morgan fingerprint density at radius 2 is 2.00 bits per heavy atom. The number of alkyl halides is 3. The summed E-state index contributed by atoms with van der Waals surface area (Å²) in [6.45, 7) is 0.750. The van der Waals surface area contributed by atoms with Crippen molar-refractivity contribution >= 4 is 5.91 Å². The lowest BCUT2D eigenvalue weighted by atomic mass is 9.97. The van der Waals surface area contributed by atoms with E-state index in [0.29, 0.717) is 26.0 Å². The third-order valence-electron chi connectivity index (χ3n) is 3.40. The van der Waals surface area contributed by atoms with Gasteiger partial charge >= 0.3 is 6.18 Å². The van der Waals surface area contributed by atoms with Crippen LogP contribution in [0.25, 0.3) is 0 Å². The Morgan fingerprint density at radius 3 is 2.59 bits per heavy atom. The third kappa shape index (κ3) is 2.91. The molecular formula is C11H16F3NO2. The highest BCUT2D eigenvalue weighted by molar-refractivity contribution is 5.81. The summed E-state index contributed by atoms with van der Waals surface area (Å²) in [5.41, 5.74) is 0. The number of carbonyl (C=O) groups is 1. The van der Waals surface area contributed by atoms with Gasteiger partial charge in [-0.15, -0.1) is 0 Å². The topological polar surface area (TPSA) is 29.5 Å². The third-order valence-corrected chi connectivity index (χ3v) is 3.40. The lowest BCUT2D eigenvalue weighted by molar-refractivity contribution is -0.189. The van der Waals surface area contributed by atoms with Crippen LogP contribution in [0.5, 0.6) is 0 Å². The van der Waals surface area contributed by atoms with Gasteiger partial charge in [-0.05, 0) is 25.7 Å². The minimum Gasteiger partial charge on any atom is -0.368 e. The van der Waals surface area contributed by atoms with Gasteiger partial charge in [-0.25, -0.2) is 0 Å². The van der Waals surface area contributed by atoms with E-state index < -0.39 is 18.2 Å². The van der Waals surface area contributed by atoms with Crippen molar-refractivity contribution in [2.24, 2.45) is 5.92 Å². The molecule has 2 aliphatic heterocycles. The van der Waals surface area contributed by atoms with Crippen LogP contribution >= 0.6 is 0 Å². The molecule has 0 unspecified atom stereocenters. The molecule has 0 aliphatic carbocycles. The van der Waals surface area contributed by atoms with E-state index in [2.05, 4.69) is 0 Å². The number of piperidine rings is 1. The van der Waals surface area contributed by atoms with Gasteiger partial charge in [-0.1, -0.05) is 0 Å². The molecule has 0 aromatic heterocycles. The van der Waals surface area contributed by atoms with Gasteiger partial charge in [0, 0.05) is 19.7 Å². The number of rotatable bonds is 1. The first-order chi connectivity index (χ1) is 7.98. The normalized spacial score (nSPS) is 30.6. The number of carbonyl (C=O) groups excluding carboxylic acids is 1. The highest BCUT2D eigenvalue weighted by Gasteiger charge is 2.43. The second-order valence-corrected chi connectivity index (χ2v) is 4.67. The molecule has 2 fully saturated rings. The van der Waals surface area contributed by atoms with E-state index in [-0.39, 0.29) is 18.9 Å². The Hall–Kier alpha value is -0.780. The van der Waals surface area contributed by atoms with Gasteiger partial charge in [-0.2, -0.15) is 13.2 Å². The van der Waals surface area contributed by atoms with Gasteiger partial charge in [0.15, 0.2) is 0 Å². The predicted octanol–water partition coefficient (Wildman–Crippen LogP) is 1.97. The fourth-order valence-corrected chi connectivity index (χ4v) is 2.42. The van der Waals surface area contributed by atoms with Crippen LogP contribution in [-0.4, -0.2) is 42.8 Å². The zero-order valence-corrected chi connectivity index (χ0v) is 9.50. The average Bonchev–Trinajstić information content (AvgIpc) is 2.80. The molecule has 2 heterocycles. The van der Waals surface area contributed by atoms with Crippen molar-refractivity contribution in [3.63, 3.8) is 0 Å². The Kier molecular flexibility index (Phi) is 3.61. The predicted molar refractivity (Wildman–Crippen MR) is 54.3 cm³/mol. The van der Waals surface area contributed by atoms with Gasteiger partial charge in [0.2, 0.25) is 0 Å². The van der Waals surface area contributed by atoms with E-state index in [9.17, 15) is 18.0 Å². The molecule has 3 nitrogen and oxygen atoms in total. The Balaban J connectivity index is 1.94.